The Labute approximate surface area is 135 Å². The van der Waals surface area contributed by atoms with Gasteiger partial charge in [0.05, 0.1) is 10.7 Å². The summed E-state index contributed by atoms with van der Waals surface area (Å²) in [4.78, 5) is 9.82. The largest absolute Gasteiger partial charge is 0.315 e. The molecule has 2 aromatic rings. The molecule has 0 radical (unpaired) electrons. The number of imidazole rings is 1. The Morgan fingerprint density at radius 3 is 2.82 bits per heavy atom. The molecular formula is C16H22ClN5. The number of hydrogen-bond donors (Lipinski definition) is 1. The lowest BCUT2D eigenvalue weighted by molar-refractivity contribution is 0.0974. The van der Waals surface area contributed by atoms with E-state index in [4.69, 9.17) is 11.6 Å². The molecule has 2 saturated heterocycles. The molecule has 4 heterocycles. The molecule has 1 atom stereocenters. The van der Waals surface area contributed by atoms with Gasteiger partial charge in [-0.15, -0.1) is 0 Å². The lowest BCUT2D eigenvalue weighted by Gasteiger charge is -2.37. The van der Waals surface area contributed by atoms with Crippen LogP contribution in [0.3, 0.4) is 0 Å². The molecule has 6 heteroatoms. The van der Waals surface area contributed by atoms with E-state index in [1.54, 1.807) is 0 Å². The second-order valence-electron chi connectivity index (χ2n) is 6.30. The van der Waals surface area contributed by atoms with E-state index in [9.17, 15) is 0 Å². The molecule has 2 aliphatic rings. The first-order valence-electron chi connectivity index (χ1n) is 8.08. The van der Waals surface area contributed by atoms with Gasteiger partial charge in [0.1, 0.15) is 5.65 Å². The van der Waals surface area contributed by atoms with E-state index in [0.717, 1.165) is 48.6 Å². The van der Waals surface area contributed by atoms with Gasteiger partial charge < -0.3 is 9.72 Å². The van der Waals surface area contributed by atoms with Crippen molar-refractivity contribution in [2.24, 2.45) is 0 Å². The van der Waals surface area contributed by atoms with E-state index in [1.807, 2.05) is 22.7 Å². The predicted molar refractivity (Wildman–Crippen MR) is 88.3 cm³/mol. The minimum Gasteiger partial charge on any atom is -0.315 e. The van der Waals surface area contributed by atoms with Gasteiger partial charge in [0.25, 0.3) is 0 Å². The second-order valence-corrected chi connectivity index (χ2v) is 6.74. The fourth-order valence-corrected chi connectivity index (χ4v) is 3.73. The molecule has 1 unspecified atom stereocenters. The summed E-state index contributed by atoms with van der Waals surface area (Å²) in [6.07, 6.45) is 5.31. The summed E-state index contributed by atoms with van der Waals surface area (Å²) in [5.41, 5.74) is 2.09. The van der Waals surface area contributed by atoms with Crippen LogP contribution in [0.15, 0.2) is 24.5 Å². The highest BCUT2D eigenvalue weighted by molar-refractivity contribution is 6.30. The minimum absolute atomic E-state index is 0.746. The van der Waals surface area contributed by atoms with Gasteiger partial charge in [-0.1, -0.05) is 11.6 Å². The lowest BCUT2D eigenvalue weighted by Crippen LogP contribution is -2.50. The maximum Gasteiger partial charge on any atom is 0.137 e. The van der Waals surface area contributed by atoms with E-state index in [2.05, 4.69) is 26.3 Å². The van der Waals surface area contributed by atoms with Gasteiger partial charge in [0.15, 0.2) is 0 Å². The number of aromatic nitrogens is 2. The maximum absolute atomic E-state index is 6.03. The Kier molecular flexibility index (Phi) is 4.05. The quantitative estimate of drug-likeness (QED) is 0.929. The molecule has 2 fully saturated rings. The summed E-state index contributed by atoms with van der Waals surface area (Å²) in [6, 6.07) is 4.61. The number of piperazine rings is 1. The van der Waals surface area contributed by atoms with Crippen molar-refractivity contribution in [2.75, 3.05) is 39.3 Å². The molecule has 2 aliphatic heterocycles. The van der Waals surface area contributed by atoms with Crippen molar-refractivity contribution >= 4 is 17.2 Å². The number of rotatable bonds is 3. The molecule has 5 nitrogen and oxygen atoms in total. The van der Waals surface area contributed by atoms with Gasteiger partial charge >= 0.3 is 0 Å². The van der Waals surface area contributed by atoms with Crippen LogP contribution in [0.25, 0.3) is 5.65 Å². The van der Waals surface area contributed by atoms with Gasteiger partial charge in [-0.05, 0) is 25.1 Å². The molecular weight excluding hydrogens is 298 g/mol. The van der Waals surface area contributed by atoms with Crippen LogP contribution in [-0.2, 0) is 6.54 Å². The average molecular weight is 320 g/mol. The van der Waals surface area contributed by atoms with Crippen molar-refractivity contribution in [2.45, 2.75) is 19.0 Å². The molecule has 118 valence electrons. The molecule has 0 aromatic carbocycles. The Bertz CT molecular complexity index is 641. The van der Waals surface area contributed by atoms with Crippen LogP contribution in [-0.4, -0.2) is 64.5 Å². The zero-order valence-electron chi connectivity index (χ0n) is 12.7. The number of nitrogens with zero attached hydrogens (tertiary/aromatic N) is 4. The summed E-state index contributed by atoms with van der Waals surface area (Å²) < 4.78 is 2.01. The number of hydrogen-bond acceptors (Lipinski definition) is 4. The lowest BCUT2D eigenvalue weighted by atomic mass is 10.2. The highest BCUT2D eigenvalue weighted by Gasteiger charge is 2.26. The first-order valence-corrected chi connectivity index (χ1v) is 8.46. The second kappa shape index (κ2) is 6.16. The third-order valence-corrected chi connectivity index (χ3v) is 5.03. The summed E-state index contributed by atoms with van der Waals surface area (Å²) in [6.45, 7) is 7.87. The van der Waals surface area contributed by atoms with E-state index in [0.29, 0.717) is 0 Å². The third kappa shape index (κ3) is 2.99. The van der Waals surface area contributed by atoms with Crippen LogP contribution in [0.1, 0.15) is 12.1 Å². The monoisotopic (exact) mass is 319 g/mol. The normalized spacial score (nSPS) is 24.3. The van der Waals surface area contributed by atoms with Crippen LogP contribution in [0, 0.1) is 0 Å². The van der Waals surface area contributed by atoms with Gasteiger partial charge in [0, 0.05) is 57.7 Å². The van der Waals surface area contributed by atoms with Crippen molar-refractivity contribution in [3.05, 3.63) is 35.2 Å². The molecule has 0 bridgehead atoms. The number of nitrogens with one attached hydrogen (secondary N) is 1. The van der Waals surface area contributed by atoms with Gasteiger partial charge in [-0.25, -0.2) is 4.98 Å². The summed E-state index contributed by atoms with van der Waals surface area (Å²) in [5, 5.41) is 4.21. The van der Waals surface area contributed by atoms with E-state index in [1.165, 1.54) is 26.1 Å². The topological polar surface area (TPSA) is 35.8 Å². The highest BCUT2D eigenvalue weighted by atomic mass is 35.5. The van der Waals surface area contributed by atoms with Crippen molar-refractivity contribution < 1.29 is 0 Å². The first kappa shape index (κ1) is 14.5. The van der Waals surface area contributed by atoms with Crippen molar-refractivity contribution in [3.63, 3.8) is 0 Å². The molecule has 4 rings (SSSR count). The maximum atomic E-state index is 6.03. The predicted octanol–water partition coefficient (Wildman–Crippen LogP) is 1.47. The van der Waals surface area contributed by atoms with Gasteiger partial charge in [-0.2, -0.15) is 0 Å². The van der Waals surface area contributed by atoms with Crippen LogP contribution >= 0.6 is 11.6 Å². The zero-order chi connectivity index (χ0) is 14.9. The average Bonchev–Trinajstić information content (AvgIpc) is 3.16. The standard InChI is InChI=1S/C16H22ClN5/c17-13-1-2-16-19-14(12-22(16)10-13)11-20-5-7-21(8-6-20)15-3-4-18-9-15/h1-2,10,12,15,18H,3-9,11H2. The number of pyridine rings is 1. The highest BCUT2D eigenvalue weighted by Crippen LogP contribution is 2.15. The SMILES string of the molecule is Clc1ccc2nc(CN3CCN(C4CCNC4)CC3)cn2c1. The number of fused-ring (bicyclic) bond motifs is 1. The Balaban J connectivity index is 1.37. The summed E-state index contributed by atoms with van der Waals surface area (Å²) in [5.74, 6) is 0. The van der Waals surface area contributed by atoms with E-state index >= 15 is 0 Å². The number of halogens is 1. The first-order chi connectivity index (χ1) is 10.8. The fraction of sp³-hybridized carbons (Fsp3) is 0.562. The van der Waals surface area contributed by atoms with E-state index in [-0.39, 0.29) is 0 Å². The van der Waals surface area contributed by atoms with Crippen molar-refractivity contribution in [1.29, 1.82) is 0 Å². The van der Waals surface area contributed by atoms with Crippen molar-refractivity contribution in [3.8, 4) is 0 Å². The Morgan fingerprint density at radius 2 is 2.05 bits per heavy atom. The molecule has 2 aromatic heterocycles. The third-order valence-electron chi connectivity index (χ3n) is 4.81. The summed E-state index contributed by atoms with van der Waals surface area (Å²) >= 11 is 6.03. The van der Waals surface area contributed by atoms with E-state index < -0.39 is 0 Å². The molecule has 1 N–H and O–H groups in total. The van der Waals surface area contributed by atoms with Gasteiger partial charge in [0.2, 0.25) is 0 Å². The smallest absolute Gasteiger partial charge is 0.137 e. The fourth-order valence-electron chi connectivity index (χ4n) is 3.56. The van der Waals surface area contributed by atoms with Gasteiger partial charge in [-0.3, -0.25) is 9.80 Å². The van der Waals surface area contributed by atoms with Crippen LogP contribution < -0.4 is 5.32 Å². The summed E-state index contributed by atoms with van der Waals surface area (Å²) in [7, 11) is 0. The molecule has 0 saturated carbocycles. The molecule has 0 spiro atoms. The van der Waals surface area contributed by atoms with Crippen LogP contribution in [0.5, 0.6) is 0 Å². The minimum atomic E-state index is 0.746. The van der Waals surface area contributed by atoms with Crippen LogP contribution in [0.2, 0.25) is 5.02 Å². The molecule has 0 amide bonds. The molecule has 22 heavy (non-hydrogen) atoms. The Hall–Kier alpha value is -1.14. The van der Waals surface area contributed by atoms with Crippen LogP contribution in [0.4, 0.5) is 0 Å². The molecule has 0 aliphatic carbocycles. The zero-order valence-corrected chi connectivity index (χ0v) is 13.5. The Morgan fingerprint density at radius 1 is 1.18 bits per heavy atom. The van der Waals surface area contributed by atoms with Crippen molar-refractivity contribution in [1.82, 2.24) is 24.5 Å².